The molecule has 7 heteroatoms. The summed E-state index contributed by atoms with van der Waals surface area (Å²) < 4.78 is 5.78. The van der Waals surface area contributed by atoms with Crippen LogP contribution < -0.4 is 10.2 Å². The van der Waals surface area contributed by atoms with Crippen molar-refractivity contribution < 1.29 is 19.1 Å². The number of hydrogen-bond acceptors (Lipinski definition) is 5. The Labute approximate surface area is 152 Å². The molecule has 0 aliphatic carbocycles. The molecule has 1 atom stereocenters. The molecule has 26 heavy (non-hydrogen) atoms. The van der Waals surface area contributed by atoms with Gasteiger partial charge in [0.2, 0.25) is 5.91 Å². The van der Waals surface area contributed by atoms with E-state index in [-0.39, 0.29) is 17.7 Å². The van der Waals surface area contributed by atoms with Gasteiger partial charge in [0, 0.05) is 19.0 Å². The molecular weight excluding hydrogens is 334 g/mol. The van der Waals surface area contributed by atoms with Crippen LogP contribution in [0.25, 0.3) is 11.1 Å². The molecule has 1 aromatic heterocycles. The van der Waals surface area contributed by atoms with Crippen LogP contribution in [-0.2, 0) is 9.59 Å². The zero-order valence-electron chi connectivity index (χ0n) is 15.1. The van der Waals surface area contributed by atoms with Gasteiger partial charge in [0.1, 0.15) is 11.6 Å². The highest BCUT2D eigenvalue weighted by Crippen LogP contribution is 2.26. The molecule has 3 rings (SSSR count). The number of aromatic nitrogens is 1. The van der Waals surface area contributed by atoms with Gasteiger partial charge in [-0.1, -0.05) is 26.0 Å². The molecule has 1 aliphatic heterocycles. The fraction of sp³-hybridized carbons (Fsp3) is 0.526. The molecule has 2 aromatic rings. The number of carbonyl (C=O) groups is 2. The number of oxazole rings is 1. The van der Waals surface area contributed by atoms with E-state index < -0.39 is 12.0 Å². The monoisotopic (exact) mass is 359 g/mol. The SMILES string of the molecule is CC(C)C[C@@H](NC(=O)C1CCN(c2nc3ccccc3o2)CC1)C(=O)O. The molecule has 0 unspecified atom stereocenters. The van der Waals surface area contributed by atoms with Crippen molar-refractivity contribution >= 4 is 29.0 Å². The number of nitrogens with one attached hydrogen (secondary N) is 1. The summed E-state index contributed by atoms with van der Waals surface area (Å²) in [5.74, 6) is -1.12. The molecule has 1 aromatic carbocycles. The Balaban J connectivity index is 1.57. The predicted molar refractivity (Wildman–Crippen MR) is 98.0 cm³/mol. The lowest BCUT2D eigenvalue weighted by atomic mass is 9.95. The number of fused-ring (bicyclic) bond motifs is 1. The van der Waals surface area contributed by atoms with Gasteiger partial charge in [-0.15, -0.1) is 0 Å². The quantitative estimate of drug-likeness (QED) is 0.823. The Morgan fingerprint density at radius 3 is 2.62 bits per heavy atom. The summed E-state index contributed by atoms with van der Waals surface area (Å²) >= 11 is 0. The molecule has 0 bridgehead atoms. The largest absolute Gasteiger partial charge is 0.480 e. The van der Waals surface area contributed by atoms with Gasteiger partial charge in [-0.25, -0.2) is 4.79 Å². The van der Waals surface area contributed by atoms with Crippen molar-refractivity contribution in [2.45, 2.75) is 39.2 Å². The summed E-state index contributed by atoms with van der Waals surface area (Å²) in [6.07, 6.45) is 1.74. The van der Waals surface area contributed by atoms with Crippen LogP contribution >= 0.6 is 0 Å². The lowest BCUT2D eigenvalue weighted by molar-refractivity contribution is -0.143. The van der Waals surface area contributed by atoms with Crippen LogP contribution in [0.3, 0.4) is 0 Å². The Hall–Kier alpha value is -2.57. The smallest absolute Gasteiger partial charge is 0.326 e. The van der Waals surface area contributed by atoms with E-state index in [2.05, 4.69) is 10.3 Å². The van der Waals surface area contributed by atoms with Gasteiger partial charge in [-0.05, 0) is 37.3 Å². The summed E-state index contributed by atoms with van der Waals surface area (Å²) in [6.45, 7) is 5.21. The van der Waals surface area contributed by atoms with Gasteiger partial charge in [0.15, 0.2) is 5.58 Å². The third-order valence-electron chi connectivity index (χ3n) is 4.74. The lowest BCUT2D eigenvalue weighted by Gasteiger charge is -2.30. The Morgan fingerprint density at radius 2 is 2.00 bits per heavy atom. The fourth-order valence-corrected chi connectivity index (χ4v) is 3.31. The summed E-state index contributed by atoms with van der Waals surface area (Å²) in [7, 11) is 0. The third kappa shape index (κ3) is 4.15. The number of rotatable bonds is 6. The minimum atomic E-state index is -0.976. The molecule has 0 radical (unpaired) electrons. The Kier molecular flexibility index (Phi) is 5.44. The topological polar surface area (TPSA) is 95.7 Å². The van der Waals surface area contributed by atoms with Crippen molar-refractivity contribution in [3.05, 3.63) is 24.3 Å². The highest BCUT2D eigenvalue weighted by Gasteiger charge is 2.30. The Bertz CT molecular complexity index is 745. The minimum Gasteiger partial charge on any atom is -0.480 e. The molecule has 0 saturated carbocycles. The van der Waals surface area contributed by atoms with Crippen LogP contribution in [0.5, 0.6) is 0 Å². The second kappa shape index (κ2) is 7.76. The highest BCUT2D eigenvalue weighted by atomic mass is 16.4. The number of aliphatic carboxylic acids is 1. The van der Waals surface area contributed by atoms with Crippen LogP contribution in [0.2, 0.25) is 0 Å². The average Bonchev–Trinajstić information content (AvgIpc) is 3.05. The number of carboxylic acids is 1. The third-order valence-corrected chi connectivity index (χ3v) is 4.74. The minimum absolute atomic E-state index is 0.171. The molecule has 1 aliphatic rings. The average molecular weight is 359 g/mol. The van der Waals surface area contributed by atoms with Crippen molar-refractivity contribution in [2.75, 3.05) is 18.0 Å². The van der Waals surface area contributed by atoms with Gasteiger partial charge in [0.05, 0.1) is 0 Å². The van der Waals surface area contributed by atoms with Crippen molar-refractivity contribution in [3.8, 4) is 0 Å². The van der Waals surface area contributed by atoms with Crippen molar-refractivity contribution in [2.24, 2.45) is 11.8 Å². The summed E-state index contributed by atoms with van der Waals surface area (Å²) in [5.41, 5.74) is 1.57. The highest BCUT2D eigenvalue weighted by molar-refractivity contribution is 5.85. The van der Waals surface area contributed by atoms with Crippen LogP contribution in [0, 0.1) is 11.8 Å². The van der Waals surface area contributed by atoms with Crippen molar-refractivity contribution in [1.82, 2.24) is 10.3 Å². The molecule has 7 nitrogen and oxygen atoms in total. The van der Waals surface area contributed by atoms with E-state index in [0.29, 0.717) is 38.4 Å². The number of benzene rings is 1. The van der Waals surface area contributed by atoms with Crippen LogP contribution in [-0.4, -0.2) is 41.1 Å². The number of amides is 1. The fourth-order valence-electron chi connectivity index (χ4n) is 3.31. The maximum atomic E-state index is 12.4. The van der Waals surface area contributed by atoms with E-state index in [1.54, 1.807) is 0 Å². The number of carboxylic acid groups (broad SMARTS) is 1. The predicted octanol–water partition coefficient (Wildman–Crippen LogP) is 2.66. The zero-order valence-corrected chi connectivity index (χ0v) is 15.1. The van der Waals surface area contributed by atoms with Gasteiger partial charge in [-0.2, -0.15) is 4.98 Å². The molecule has 2 N–H and O–H groups in total. The number of carbonyl (C=O) groups excluding carboxylic acids is 1. The first-order chi connectivity index (χ1) is 12.4. The summed E-state index contributed by atoms with van der Waals surface area (Å²) in [4.78, 5) is 30.3. The number of anilines is 1. The van der Waals surface area contributed by atoms with E-state index in [9.17, 15) is 14.7 Å². The second-order valence-electron chi connectivity index (χ2n) is 7.25. The molecule has 140 valence electrons. The summed E-state index contributed by atoms with van der Waals surface area (Å²) in [5, 5.41) is 12.0. The van der Waals surface area contributed by atoms with E-state index in [4.69, 9.17) is 4.42 Å². The normalized spacial score (nSPS) is 16.8. The maximum absolute atomic E-state index is 12.4. The van der Waals surface area contributed by atoms with Crippen molar-refractivity contribution in [3.63, 3.8) is 0 Å². The Morgan fingerprint density at radius 1 is 1.31 bits per heavy atom. The van der Waals surface area contributed by atoms with E-state index in [1.165, 1.54) is 0 Å². The molecular formula is C19H25N3O4. The van der Waals surface area contributed by atoms with Gasteiger partial charge < -0.3 is 19.7 Å². The van der Waals surface area contributed by atoms with Crippen LogP contribution in [0.4, 0.5) is 6.01 Å². The first-order valence-electron chi connectivity index (χ1n) is 9.07. The molecule has 1 saturated heterocycles. The first-order valence-corrected chi connectivity index (χ1v) is 9.07. The van der Waals surface area contributed by atoms with E-state index in [1.807, 2.05) is 43.0 Å². The first kappa shape index (κ1) is 18.2. The molecule has 1 amide bonds. The number of hydrogen-bond donors (Lipinski definition) is 2. The second-order valence-corrected chi connectivity index (χ2v) is 7.25. The number of nitrogens with zero attached hydrogens (tertiary/aromatic N) is 2. The molecule has 1 fully saturated rings. The number of para-hydroxylation sites is 2. The maximum Gasteiger partial charge on any atom is 0.326 e. The number of piperidine rings is 1. The van der Waals surface area contributed by atoms with E-state index >= 15 is 0 Å². The van der Waals surface area contributed by atoms with Gasteiger partial charge in [0.25, 0.3) is 6.01 Å². The van der Waals surface area contributed by atoms with E-state index in [0.717, 1.165) is 11.1 Å². The van der Waals surface area contributed by atoms with Crippen LogP contribution in [0.15, 0.2) is 28.7 Å². The van der Waals surface area contributed by atoms with Crippen molar-refractivity contribution in [1.29, 1.82) is 0 Å². The van der Waals surface area contributed by atoms with Gasteiger partial charge in [-0.3, -0.25) is 4.79 Å². The lowest BCUT2D eigenvalue weighted by Crippen LogP contribution is -2.47. The zero-order chi connectivity index (χ0) is 18.7. The summed E-state index contributed by atoms with van der Waals surface area (Å²) in [6, 6.07) is 7.37. The standard InChI is InChI=1S/C19H25N3O4/c1-12(2)11-15(18(24)25)20-17(23)13-7-9-22(10-8-13)19-21-14-5-3-4-6-16(14)26-19/h3-6,12-13,15H,7-11H2,1-2H3,(H,20,23)(H,24,25)/t15-/m1/s1. The molecule has 0 spiro atoms. The van der Waals surface area contributed by atoms with Crippen LogP contribution in [0.1, 0.15) is 33.1 Å². The molecule has 2 heterocycles. The van der Waals surface area contributed by atoms with Gasteiger partial charge >= 0.3 is 5.97 Å².